The SMILES string of the molecule is CC(=O)N(CCC(=O)NC1CCS(=O)(=O)C1)c1ccc(C#N)cc1. The molecule has 0 saturated carbocycles. The Morgan fingerprint density at radius 1 is 1.33 bits per heavy atom. The molecule has 1 aliphatic rings. The lowest BCUT2D eigenvalue weighted by Crippen LogP contribution is -2.38. The summed E-state index contributed by atoms with van der Waals surface area (Å²) >= 11 is 0. The van der Waals surface area contributed by atoms with Gasteiger partial charge in [-0.05, 0) is 30.7 Å². The average Bonchev–Trinajstić information content (AvgIpc) is 2.86. The molecule has 0 aliphatic carbocycles. The van der Waals surface area contributed by atoms with Crippen LogP contribution in [0.25, 0.3) is 0 Å². The lowest BCUT2D eigenvalue weighted by Gasteiger charge is -2.21. The van der Waals surface area contributed by atoms with E-state index in [0.29, 0.717) is 17.7 Å². The van der Waals surface area contributed by atoms with Gasteiger partial charge in [-0.1, -0.05) is 0 Å². The van der Waals surface area contributed by atoms with Crippen LogP contribution < -0.4 is 10.2 Å². The molecule has 0 aromatic heterocycles. The summed E-state index contributed by atoms with van der Waals surface area (Å²) in [5.74, 6) is -0.416. The van der Waals surface area contributed by atoms with Gasteiger partial charge in [-0.2, -0.15) is 5.26 Å². The molecule has 1 aromatic rings. The highest BCUT2D eigenvalue weighted by atomic mass is 32.2. The van der Waals surface area contributed by atoms with E-state index in [1.807, 2.05) is 6.07 Å². The van der Waals surface area contributed by atoms with Crippen LogP contribution in [0.2, 0.25) is 0 Å². The Hall–Kier alpha value is -2.40. The second kappa shape index (κ2) is 7.45. The quantitative estimate of drug-likeness (QED) is 0.838. The standard InChI is InChI=1S/C16H19N3O4S/c1-12(20)19(15-4-2-13(10-17)3-5-15)8-6-16(21)18-14-7-9-24(22,23)11-14/h2-5,14H,6-9,11H2,1H3,(H,18,21). The largest absolute Gasteiger partial charge is 0.352 e. The Balaban J connectivity index is 1.92. The first kappa shape index (κ1) is 17.9. The van der Waals surface area contributed by atoms with Crippen LogP contribution in [0.5, 0.6) is 0 Å². The summed E-state index contributed by atoms with van der Waals surface area (Å²) in [5, 5.41) is 11.5. The van der Waals surface area contributed by atoms with Crippen molar-refractivity contribution in [3.8, 4) is 6.07 Å². The highest BCUT2D eigenvalue weighted by molar-refractivity contribution is 7.91. The van der Waals surface area contributed by atoms with Crippen molar-refractivity contribution in [2.75, 3.05) is 23.0 Å². The minimum atomic E-state index is -3.04. The van der Waals surface area contributed by atoms with E-state index in [4.69, 9.17) is 5.26 Å². The van der Waals surface area contributed by atoms with Crippen molar-refractivity contribution in [3.63, 3.8) is 0 Å². The predicted octanol–water partition coefficient (Wildman–Crippen LogP) is 0.605. The van der Waals surface area contributed by atoms with Crippen LogP contribution >= 0.6 is 0 Å². The van der Waals surface area contributed by atoms with Crippen LogP contribution in [-0.4, -0.2) is 44.3 Å². The molecule has 1 fully saturated rings. The van der Waals surface area contributed by atoms with Crippen LogP contribution in [0.1, 0.15) is 25.3 Å². The van der Waals surface area contributed by atoms with Crippen molar-refractivity contribution < 1.29 is 18.0 Å². The van der Waals surface area contributed by atoms with E-state index in [-0.39, 0.29) is 42.3 Å². The molecule has 1 N–H and O–H groups in total. The van der Waals surface area contributed by atoms with Crippen molar-refractivity contribution in [3.05, 3.63) is 29.8 Å². The first-order chi connectivity index (χ1) is 11.3. The normalized spacial score (nSPS) is 18.6. The van der Waals surface area contributed by atoms with E-state index < -0.39 is 9.84 Å². The summed E-state index contributed by atoms with van der Waals surface area (Å²) in [7, 11) is -3.04. The summed E-state index contributed by atoms with van der Waals surface area (Å²) in [6.45, 7) is 1.59. The molecule has 7 nitrogen and oxygen atoms in total. The van der Waals surface area contributed by atoms with Gasteiger partial charge in [0.1, 0.15) is 0 Å². The lowest BCUT2D eigenvalue weighted by atomic mass is 10.2. The molecule has 1 aromatic carbocycles. The van der Waals surface area contributed by atoms with E-state index in [0.717, 1.165) is 0 Å². The average molecular weight is 349 g/mol. The summed E-state index contributed by atoms with van der Waals surface area (Å²) in [5.41, 5.74) is 1.10. The van der Waals surface area contributed by atoms with Crippen LogP contribution in [0, 0.1) is 11.3 Å². The molecule has 128 valence electrons. The van der Waals surface area contributed by atoms with Crippen molar-refractivity contribution >= 4 is 27.3 Å². The van der Waals surface area contributed by atoms with Gasteiger partial charge in [-0.15, -0.1) is 0 Å². The molecular weight excluding hydrogens is 330 g/mol. The second-order valence-electron chi connectivity index (χ2n) is 5.75. The number of amides is 2. The number of hydrogen-bond acceptors (Lipinski definition) is 5. The zero-order chi connectivity index (χ0) is 17.7. The van der Waals surface area contributed by atoms with Crippen molar-refractivity contribution in [1.29, 1.82) is 5.26 Å². The highest BCUT2D eigenvalue weighted by Crippen LogP contribution is 2.16. The topological polar surface area (TPSA) is 107 Å². The smallest absolute Gasteiger partial charge is 0.223 e. The van der Waals surface area contributed by atoms with Gasteiger partial charge in [0, 0.05) is 31.6 Å². The van der Waals surface area contributed by atoms with E-state index >= 15 is 0 Å². The molecule has 1 heterocycles. The number of rotatable bonds is 5. The number of nitrogens with one attached hydrogen (secondary N) is 1. The number of carbonyl (C=O) groups excluding carboxylic acids is 2. The summed E-state index contributed by atoms with van der Waals surface area (Å²) in [6.07, 6.45) is 0.510. The van der Waals surface area contributed by atoms with Crippen LogP contribution in [0.15, 0.2) is 24.3 Å². The summed E-state index contributed by atoms with van der Waals surface area (Å²) in [4.78, 5) is 25.2. The maximum atomic E-state index is 12.0. The maximum absolute atomic E-state index is 12.0. The molecular formula is C16H19N3O4S. The second-order valence-corrected chi connectivity index (χ2v) is 7.98. The first-order valence-electron chi connectivity index (χ1n) is 7.59. The number of carbonyl (C=O) groups is 2. The number of nitrogens with zero attached hydrogens (tertiary/aromatic N) is 2. The van der Waals surface area contributed by atoms with Crippen molar-refractivity contribution in [2.45, 2.75) is 25.8 Å². The predicted molar refractivity (Wildman–Crippen MR) is 89.0 cm³/mol. The maximum Gasteiger partial charge on any atom is 0.223 e. The van der Waals surface area contributed by atoms with Gasteiger partial charge < -0.3 is 10.2 Å². The summed E-state index contributed by atoms with van der Waals surface area (Å²) < 4.78 is 22.8. The number of nitriles is 1. The minimum Gasteiger partial charge on any atom is -0.352 e. The monoisotopic (exact) mass is 349 g/mol. The molecule has 0 radical (unpaired) electrons. The molecule has 24 heavy (non-hydrogen) atoms. The zero-order valence-electron chi connectivity index (χ0n) is 13.4. The number of benzene rings is 1. The fourth-order valence-electron chi connectivity index (χ4n) is 2.61. The fraction of sp³-hybridized carbons (Fsp3) is 0.438. The van der Waals surface area contributed by atoms with Crippen LogP contribution in [0.3, 0.4) is 0 Å². The van der Waals surface area contributed by atoms with Crippen LogP contribution in [0.4, 0.5) is 5.69 Å². The lowest BCUT2D eigenvalue weighted by molar-refractivity contribution is -0.121. The van der Waals surface area contributed by atoms with E-state index in [1.54, 1.807) is 24.3 Å². The van der Waals surface area contributed by atoms with Gasteiger partial charge in [0.05, 0.1) is 23.1 Å². The molecule has 8 heteroatoms. The van der Waals surface area contributed by atoms with Gasteiger partial charge in [-0.3, -0.25) is 9.59 Å². The number of hydrogen-bond donors (Lipinski definition) is 1. The van der Waals surface area contributed by atoms with Crippen LogP contribution in [-0.2, 0) is 19.4 Å². The third kappa shape index (κ3) is 4.80. The minimum absolute atomic E-state index is 0.0230. The third-order valence-electron chi connectivity index (χ3n) is 3.85. The first-order valence-corrected chi connectivity index (χ1v) is 9.41. The Morgan fingerprint density at radius 3 is 2.50 bits per heavy atom. The summed E-state index contributed by atoms with van der Waals surface area (Å²) in [6, 6.07) is 8.18. The Morgan fingerprint density at radius 2 is 2.00 bits per heavy atom. The molecule has 2 rings (SSSR count). The molecule has 0 spiro atoms. The molecule has 1 atom stereocenters. The zero-order valence-corrected chi connectivity index (χ0v) is 14.2. The van der Waals surface area contributed by atoms with Gasteiger partial charge in [0.2, 0.25) is 11.8 Å². The number of anilines is 1. The molecule has 1 saturated heterocycles. The molecule has 1 unspecified atom stereocenters. The van der Waals surface area contributed by atoms with Gasteiger partial charge in [0.25, 0.3) is 0 Å². The molecule has 0 bridgehead atoms. The fourth-order valence-corrected chi connectivity index (χ4v) is 4.28. The third-order valence-corrected chi connectivity index (χ3v) is 5.62. The number of sulfone groups is 1. The van der Waals surface area contributed by atoms with Gasteiger partial charge in [0.15, 0.2) is 9.84 Å². The van der Waals surface area contributed by atoms with Gasteiger partial charge in [-0.25, -0.2) is 8.42 Å². The van der Waals surface area contributed by atoms with E-state index in [2.05, 4.69) is 5.32 Å². The Labute approximate surface area is 141 Å². The Kier molecular flexibility index (Phi) is 5.57. The highest BCUT2D eigenvalue weighted by Gasteiger charge is 2.28. The molecule has 1 aliphatic heterocycles. The van der Waals surface area contributed by atoms with E-state index in [9.17, 15) is 18.0 Å². The van der Waals surface area contributed by atoms with E-state index in [1.165, 1.54) is 11.8 Å². The Bertz CT molecular complexity index is 766. The molecule has 2 amide bonds. The van der Waals surface area contributed by atoms with Crippen molar-refractivity contribution in [2.24, 2.45) is 0 Å². The van der Waals surface area contributed by atoms with Crippen molar-refractivity contribution in [1.82, 2.24) is 5.32 Å². The van der Waals surface area contributed by atoms with Gasteiger partial charge >= 0.3 is 0 Å².